The van der Waals surface area contributed by atoms with E-state index in [0.717, 1.165) is 22.6 Å². The summed E-state index contributed by atoms with van der Waals surface area (Å²) >= 11 is 0. The Labute approximate surface area is 147 Å². The summed E-state index contributed by atoms with van der Waals surface area (Å²) in [6.45, 7) is 0.379. The van der Waals surface area contributed by atoms with Gasteiger partial charge in [0.2, 0.25) is 0 Å². The molecule has 0 radical (unpaired) electrons. The summed E-state index contributed by atoms with van der Waals surface area (Å²) in [5.74, 6) is -0.111. The Balaban J connectivity index is 1.70. The molecule has 0 bridgehead atoms. The first-order chi connectivity index (χ1) is 12.0. The second kappa shape index (κ2) is 7.17. The maximum absolute atomic E-state index is 12.4. The van der Waals surface area contributed by atoms with E-state index >= 15 is 0 Å². The van der Waals surface area contributed by atoms with Gasteiger partial charge in [0.15, 0.2) is 0 Å². The van der Waals surface area contributed by atoms with Crippen molar-refractivity contribution in [3.63, 3.8) is 0 Å². The van der Waals surface area contributed by atoms with Crippen LogP contribution >= 0.6 is 0 Å². The molecule has 1 amide bonds. The number of carbonyl (C=O) groups is 1. The number of benzene rings is 1. The molecule has 3 aromatic rings. The zero-order valence-electron chi connectivity index (χ0n) is 14.6. The van der Waals surface area contributed by atoms with Crippen LogP contribution in [0.1, 0.15) is 16.1 Å². The molecule has 0 unspecified atom stereocenters. The summed E-state index contributed by atoms with van der Waals surface area (Å²) in [5, 5.41) is 7.40. The molecule has 0 aliphatic heterocycles. The van der Waals surface area contributed by atoms with Crippen LogP contribution in [0.15, 0.2) is 54.9 Å². The zero-order valence-corrected chi connectivity index (χ0v) is 14.6. The largest absolute Gasteiger partial charge is 0.378 e. The molecule has 128 valence electrons. The Morgan fingerprint density at radius 1 is 1.16 bits per heavy atom. The van der Waals surface area contributed by atoms with E-state index in [1.807, 2.05) is 73.2 Å². The fraction of sp³-hybridized carbons (Fsp3) is 0.211. The van der Waals surface area contributed by atoms with Gasteiger partial charge in [-0.3, -0.25) is 14.5 Å². The molecule has 3 rings (SSSR count). The summed E-state index contributed by atoms with van der Waals surface area (Å²) in [4.78, 5) is 18.4. The highest BCUT2D eigenvalue weighted by atomic mass is 16.1. The molecular weight excluding hydrogens is 314 g/mol. The van der Waals surface area contributed by atoms with Crippen molar-refractivity contribution in [1.29, 1.82) is 0 Å². The average molecular weight is 335 g/mol. The molecule has 25 heavy (non-hydrogen) atoms. The predicted molar refractivity (Wildman–Crippen MR) is 98.4 cm³/mol. The van der Waals surface area contributed by atoms with Crippen LogP contribution in [-0.2, 0) is 13.6 Å². The number of rotatable bonds is 5. The van der Waals surface area contributed by atoms with Gasteiger partial charge in [-0.25, -0.2) is 0 Å². The van der Waals surface area contributed by atoms with Crippen LogP contribution in [0.2, 0.25) is 0 Å². The average Bonchev–Trinajstić information content (AvgIpc) is 3.01. The van der Waals surface area contributed by atoms with Gasteiger partial charge in [0.25, 0.3) is 5.91 Å². The third-order valence-corrected chi connectivity index (χ3v) is 3.96. The zero-order chi connectivity index (χ0) is 17.8. The normalized spacial score (nSPS) is 10.5. The van der Waals surface area contributed by atoms with Crippen LogP contribution in [0.25, 0.3) is 11.3 Å². The van der Waals surface area contributed by atoms with E-state index in [4.69, 9.17) is 0 Å². The molecule has 0 spiro atoms. The lowest BCUT2D eigenvalue weighted by molar-refractivity contribution is 0.0950. The SMILES string of the molecule is CN(C)c1cccc(C(=O)NCc2cc(-c3ccncc3)n(C)n2)c1. The second-order valence-electron chi connectivity index (χ2n) is 6.01. The van der Waals surface area contributed by atoms with Crippen molar-refractivity contribution in [2.75, 3.05) is 19.0 Å². The quantitative estimate of drug-likeness (QED) is 0.778. The Hall–Kier alpha value is -3.15. The lowest BCUT2D eigenvalue weighted by Gasteiger charge is -2.13. The van der Waals surface area contributed by atoms with Crippen molar-refractivity contribution >= 4 is 11.6 Å². The van der Waals surface area contributed by atoms with Crippen molar-refractivity contribution in [3.8, 4) is 11.3 Å². The molecule has 1 aromatic carbocycles. The van der Waals surface area contributed by atoms with E-state index in [1.165, 1.54) is 0 Å². The molecule has 0 atom stereocenters. The number of aryl methyl sites for hydroxylation is 1. The number of aromatic nitrogens is 3. The molecule has 0 saturated carbocycles. The molecule has 2 aromatic heterocycles. The Morgan fingerprint density at radius 2 is 1.92 bits per heavy atom. The lowest BCUT2D eigenvalue weighted by Crippen LogP contribution is -2.23. The van der Waals surface area contributed by atoms with Gasteiger partial charge in [-0.1, -0.05) is 6.07 Å². The van der Waals surface area contributed by atoms with Crippen LogP contribution in [0.4, 0.5) is 5.69 Å². The molecule has 0 saturated heterocycles. The van der Waals surface area contributed by atoms with Crippen LogP contribution in [-0.4, -0.2) is 34.8 Å². The minimum absolute atomic E-state index is 0.111. The van der Waals surface area contributed by atoms with E-state index < -0.39 is 0 Å². The third-order valence-electron chi connectivity index (χ3n) is 3.96. The summed E-state index contributed by atoms with van der Waals surface area (Å²) in [6, 6.07) is 13.4. The highest BCUT2D eigenvalue weighted by molar-refractivity contribution is 5.95. The van der Waals surface area contributed by atoms with E-state index in [9.17, 15) is 4.79 Å². The van der Waals surface area contributed by atoms with E-state index in [0.29, 0.717) is 12.1 Å². The number of nitrogens with zero attached hydrogens (tertiary/aromatic N) is 4. The summed E-state index contributed by atoms with van der Waals surface area (Å²) in [6.07, 6.45) is 3.50. The van der Waals surface area contributed by atoms with Crippen molar-refractivity contribution in [1.82, 2.24) is 20.1 Å². The fourth-order valence-corrected chi connectivity index (χ4v) is 2.60. The monoisotopic (exact) mass is 335 g/mol. The number of pyridine rings is 1. The highest BCUT2D eigenvalue weighted by Crippen LogP contribution is 2.19. The van der Waals surface area contributed by atoms with Gasteiger partial charge >= 0.3 is 0 Å². The number of hydrogen-bond acceptors (Lipinski definition) is 4. The minimum atomic E-state index is -0.111. The number of amides is 1. The van der Waals surface area contributed by atoms with E-state index in [1.54, 1.807) is 12.4 Å². The molecule has 0 fully saturated rings. The predicted octanol–water partition coefficient (Wildman–Crippen LogP) is 2.48. The van der Waals surface area contributed by atoms with Crippen LogP contribution in [0.5, 0.6) is 0 Å². The fourth-order valence-electron chi connectivity index (χ4n) is 2.60. The maximum atomic E-state index is 12.4. The van der Waals surface area contributed by atoms with Gasteiger partial charge in [-0.2, -0.15) is 5.10 Å². The Bertz CT molecular complexity index is 871. The first kappa shape index (κ1) is 16.7. The third kappa shape index (κ3) is 3.85. The van der Waals surface area contributed by atoms with Gasteiger partial charge in [0.05, 0.1) is 17.9 Å². The molecule has 0 aliphatic carbocycles. The van der Waals surface area contributed by atoms with Gasteiger partial charge in [-0.15, -0.1) is 0 Å². The van der Waals surface area contributed by atoms with Crippen LogP contribution < -0.4 is 10.2 Å². The minimum Gasteiger partial charge on any atom is -0.378 e. The molecule has 0 aliphatic rings. The molecular formula is C19H21N5O. The number of nitrogens with one attached hydrogen (secondary N) is 1. The van der Waals surface area contributed by atoms with Gasteiger partial charge in [0, 0.05) is 50.4 Å². The standard InChI is InChI=1S/C19H21N5O/c1-23(2)17-6-4-5-15(11-17)19(25)21-13-16-12-18(24(3)22-16)14-7-9-20-10-8-14/h4-12H,13H2,1-3H3,(H,21,25). The molecule has 6 heteroatoms. The van der Waals surface area contributed by atoms with Crippen LogP contribution in [0, 0.1) is 0 Å². The first-order valence-corrected chi connectivity index (χ1v) is 8.03. The van der Waals surface area contributed by atoms with Gasteiger partial charge in [-0.05, 0) is 36.4 Å². The summed E-state index contributed by atoms with van der Waals surface area (Å²) < 4.78 is 1.81. The molecule has 2 heterocycles. The van der Waals surface area contributed by atoms with Crippen LogP contribution in [0.3, 0.4) is 0 Å². The van der Waals surface area contributed by atoms with Crippen molar-refractivity contribution in [3.05, 3.63) is 66.1 Å². The smallest absolute Gasteiger partial charge is 0.251 e. The summed E-state index contributed by atoms with van der Waals surface area (Å²) in [7, 11) is 5.79. The molecule has 1 N–H and O–H groups in total. The Morgan fingerprint density at radius 3 is 2.64 bits per heavy atom. The number of anilines is 1. The number of carbonyl (C=O) groups excluding carboxylic acids is 1. The van der Waals surface area contributed by atoms with E-state index in [2.05, 4.69) is 15.4 Å². The van der Waals surface area contributed by atoms with Crippen molar-refractivity contribution in [2.24, 2.45) is 7.05 Å². The van der Waals surface area contributed by atoms with Gasteiger partial charge in [0.1, 0.15) is 0 Å². The molecule has 6 nitrogen and oxygen atoms in total. The Kier molecular flexibility index (Phi) is 4.79. The summed E-state index contributed by atoms with van der Waals surface area (Å²) in [5.41, 5.74) is 4.47. The maximum Gasteiger partial charge on any atom is 0.251 e. The van der Waals surface area contributed by atoms with Crippen molar-refractivity contribution in [2.45, 2.75) is 6.54 Å². The lowest BCUT2D eigenvalue weighted by atomic mass is 10.1. The highest BCUT2D eigenvalue weighted by Gasteiger charge is 2.10. The van der Waals surface area contributed by atoms with E-state index in [-0.39, 0.29) is 5.91 Å². The topological polar surface area (TPSA) is 63.1 Å². The second-order valence-corrected chi connectivity index (χ2v) is 6.01. The van der Waals surface area contributed by atoms with Crippen molar-refractivity contribution < 1.29 is 4.79 Å². The first-order valence-electron chi connectivity index (χ1n) is 8.03. The number of hydrogen-bond donors (Lipinski definition) is 1. The van der Waals surface area contributed by atoms with Gasteiger partial charge < -0.3 is 10.2 Å².